The van der Waals surface area contributed by atoms with E-state index in [1.165, 1.54) is 0 Å². The van der Waals surface area contributed by atoms with Crippen molar-refractivity contribution in [3.05, 3.63) is 107 Å². The van der Waals surface area contributed by atoms with Crippen LogP contribution in [0.15, 0.2) is 97.1 Å². The second-order valence-corrected chi connectivity index (χ2v) is 9.76. The lowest BCUT2D eigenvalue weighted by molar-refractivity contribution is 0.604. The molecule has 0 heterocycles. The highest BCUT2D eigenvalue weighted by Gasteiger charge is 2.09. The van der Waals surface area contributed by atoms with Crippen molar-refractivity contribution in [3.8, 4) is 0 Å². The fourth-order valence-corrected chi connectivity index (χ4v) is 6.28. The Labute approximate surface area is 154 Å². The molecule has 0 amide bonds. The van der Waals surface area contributed by atoms with Crippen molar-refractivity contribution >= 4 is 38.5 Å². The summed E-state index contributed by atoms with van der Waals surface area (Å²) in [6.45, 7) is 0. The first-order chi connectivity index (χ1) is 12.8. The first-order valence-corrected chi connectivity index (χ1v) is 11.4. The van der Waals surface area contributed by atoms with Gasteiger partial charge < -0.3 is 9.59 Å². The third-order valence-corrected chi connectivity index (χ3v) is 8.18. The summed E-state index contributed by atoms with van der Waals surface area (Å²) in [5.41, 5.74) is 0. The van der Waals surface area contributed by atoms with E-state index in [-0.39, 0.29) is 0 Å². The van der Waals surface area contributed by atoms with Gasteiger partial charge in [0.05, 0.1) is 0 Å². The molecule has 0 saturated heterocycles. The Balaban J connectivity index is 2.08. The van der Waals surface area contributed by atoms with E-state index < -0.39 is 17.3 Å². The first-order valence-electron chi connectivity index (χ1n) is 8.51. The fraction of sp³-hybridized carbons (Fsp3) is 0. The van der Waals surface area contributed by atoms with Gasteiger partial charge in [-0.25, -0.2) is 0 Å². The molecule has 0 aliphatic rings. The quantitative estimate of drug-likeness (QED) is 0.532. The van der Waals surface area contributed by atoms with Crippen LogP contribution in [0.25, 0.3) is 10.8 Å². The monoisotopic (exact) mass is 370 g/mol. The third-order valence-electron chi connectivity index (χ3n) is 4.53. The van der Waals surface area contributed by atoms with Crippen molar-refractivity contribution in [1.29, 1.82) is 0 Å². The molecule has 4 aromatic rings. The van der Waals surface area contributed by atoms with Gasteiger partial charge in [0.1, 0.15) is 0 Å². The minimum absolute atomic E-state index is 0.961. The van der Waals surface area contributed by atoms with E-state index in [1.54, 1.807) is 0 Å². The second-order valence-electron chi connectivity index (χ2n) is 6.14. The topological polar surface area (TPSA) is 40.5 Å². The van der Waals surface area contributed by atoms with Crippen molar-refractivity contribution in [3.63, 3.8) is 0 Å². The van der Waals surface area contributed by atoms with Crippen molar-refractivity contribution in [2.24, 2.45) is 0 Å². The van der Waals surface area contributed by atoms with E-state index in [9.17, 15) is 9.59 Å². The Hall–Kier alpha value is -2.83. The Kier molecular flexibility index (Phi) is 4.60. The fourth-order valence-electron chi connectivity index (χ4n) is 3.22. The van der Waals surface area contributed by atoms with Gasteiger partial charge in [0.2, 0.25) is 0 Å². The molecule has 0 aliphatic heterocycles. The Morgan fingerprint density at radius 1 is 0.423 bits per heavy atom. The molecule has 0 fully saturated rings. The van der Waals surface area contributed by atoms with E-state index >= 15 is 0 Å². The summed E-state index contributed by atoms with van der Waals surface area (Å²) in [5.74, 6) is 0. The summed E-state index contributed by atoms with van der Waals surface area (Å²) >= 11 is 0. The third kappa shape index (κ3) is 3.05. The van der Waals surface area contributed by atoms with E-state index in [2.05, 4.69) is 0 Å². The van der Waals surface area contributed by atoms with E-state index in [4.69, 9.17) is 0 Å². The molecule has 4 heteroatoms. The number of fused-ring (bicyclic) bond motifs is 1. The molecule has 0 spiro atoms. The zero-order chi connectivity index (χ0) is 17.9. The molecule has 0 bridgehead atoms. The molecule has 0 aromatic heterocycles. The predicted octanol–water partition coefficient (Wildman–Crippen LogP) is 2.29. The molecule has 2 N–H and O–H groups in total. The molecule has 2 nitrogen and oxygen atoms in total. The lowest BCUT2D eigenvalue weighted by Gasteiger charge is -2.05. The molecule has 0 atom stereocenters. The number of hydrogen-bond donors (Lipinski definition) is 2. The van der Waals surface area contributed by atoms with Crippen LogP contribution in [0.3, 0.4) is 0 Å². The van der Waals surface area contributed by atoms with Crippen molar-refractivity contribution < 1.29 is 9.59 Å². The molecule has 0 saturated carbocycles. The average Bonchev–Trinajstić information content (AvgIpc) is 2.73. The van der Waals surface area contributed by atoms with Crippen LogP contribution < -0.4 is 10.4 Å². The smallest absolute Gasteiger partial charge is 0.274 e. The maximum atomic E-state index is 11.0. The van der Waals surface area contributed by atoms with Gasteiger partial charge >= 0.3 is 0 Å². The van der Waals surface area contributed by atoms with E-state index in [0.717, 1.165) is 30.8 Å². The van der Waals surface area contributed by atoms with Crippen LogP contribution in [0, 0.1) is 9.63 Å². The largest absolute Gasteiger partial charge is 0.562 e. The molecule has 0 radical (unpaired) electrons. The van der Waals surface area contributed by atoms with Gasteiger partial charge in [-0.2, -0.15) is 0 Å². The van der Waals surface area contributed by atoms with Gasteiger partial charge in [-0.3, -0.25) is 0 Å². The molecule has 126 valence electrons. The SMILES string of the molecule is O[Si](c1ccccc1)=c1ccc(=[Si](O)c2ccccc2)c2ccccc12. The average molecular weight is 371 g/mol. The second kappa shape index (κ2) is 7.19. The highest BCUT2D eigenvalue weighted by Crippen LogP contribution is 2.16. The highest BCUT2D eigenvalue weighted by atomic mass is 28.3. The molecule has 4 aromatic carbocycles. The van der Waals surface area contributed by atoms with Crippen molar-refractivity contribution in [1.82, 2.24) is 0 Å². The molecule has 0 aliphatic carbocycles. The lowest BCUT2D eigenvalue weighted by Crippen LogP contribution is -2.23. The standard InChI is InChI=1S/C22H18O2Si2/c23-25(17-9-3-1-4-10-17)21-15-16-22(20-14-8-7-13-19(20)21)26(24)18-11-5-2-6-12-18/h1-16,23-24H. The number of hydrogen-bond acceptors (Lipinski definition) is 2. The summed E-state index contributed by atoms with van der Waals surface area (Å²) in [5, 5.41) is 3.98. The zero-order valence-corrected chi connectivity index (χ0v) is 16.1. The first kappa shape index (κ1) is 16.6. The highest BCUT2D eigenvalue weighted by molar-refractivity contribution is 6.60. The maximum absolute atomic E-state index is 11.0. The number of benzene rings is 4. The zero-order valence-electron chi connectivity index (χ0n) is 14.1. The van der Waals surface area contributed by atoms with Gasteiger partial charge in [0, 0.05) is 9.63 Å². The minimum Gasteiger partial charge on any atom is -0.562 e. The molecular formula is C22H18O2Si2. The lowest BCUT2D eigenvalue weighted by atomic mass is 10.1. The van der Waals surface area contributed by atoms with Gasteiger partial charge in [-0.05, 0) is 21.1 Å². The molecule has 0 unspecified atom stereocenters. The van der Waals surface area contributed by atoms with Crippen molar-refractivity contribution in [2.45, 2.75) is 0 Å². The molecule has 4 rings (SSSR count). The van der Waals surface area contributed by atoms with Crippen LogP contribution in [0.1, 0.15) is 0 Å². The van der Waals surface area contributed by atoms with Gasteiger partial charge in [0.15, 0.2) is 0 Å². The van der Waals surface area contributed by atoms with Crippen molar-refractivity contribution in [2.75, 3.05) is 0 Å². The van der Waals surface area contributed by atoms with Crippen LogP contribution >= 0.6 is 0 Å². The van der Waals surface area contributed by atoms with Gasteiger partial charge in [0.25, 0.3) is 17.3 Å². The summed E-state index contributed by atoms with van der Waals surface area (Å²) in [4.78, 5) is 23.9. The van der Waals surface area contributed by atoms with Crippen LogP contribution in [0.4, 0.5) is 0 Å². The Morgan fingerprint density at radius 3 is 1.15 bits per heavy atom. The van der Waals surface area contributed by atoms with Crippen LogP contribution in [0.2, 0.25) is 0 Å². The summed E-state index contributed by atoms with van der Waals surface area (Å²) in [6.07, 6.45) is 0. The molecule has 26 heavy (non-hydrogen) atoms. The van der Waals surface area contributed by atoms with Crippen LogP contribution in [-0.2, 0) is 0 Å². The normalized spacial score (nSPS) is 13.4. The van der Waals surface area contributed by atoms with Gasteiger partial charge in [-0.15, -0.1) is 0 Å². The predicted molar refractivity (Wildman–Crippen MR) is 110 cm³/mol. The summed E-state index contributed by atoms with van der Waals surface area (Å²) in [6, 6.07) is 31.7. The number of rotatable bonds is 2. The van der Waals surface area contributed by atoms with Crippen LogP contribution in [-0.4, -0.2) is 26.9 Å². The Bertz CT molecular complexity index is 1090. The summed E-state index contributed by atoms with van der Waals surface area (Å²) < 4.78 is 0. The van der Waals surface area contributed by atoms with Gasteiger partial charge in [-0.1, -0.05) is 97.1 Å². The maximum Gasteiger partial charge on any atom is 0.274 e. The minimum atomic E-state index is -1.85. The molecular weight excluding hydrogens is 352 g/mol. The van der Waals surface area contributed by atoms with Crippen LogP contribution in [0.5, 0.6) is 0 Å². The summed E-state index contributed by atoms with van der Waals surface area (Å²) in [7, 11) is -3.69. The van der Waals surface area contributed by atoms with E-state index in [0.29, 0.717) is 0 Å². The Morgan fingerprint density at radius 2 is 0.769 bits per heavy atom. The van der Waals surface area contributed by atoms with E-state index in [1.807, 2.05) is 97.1 Å².